The smallest absolute Gasteiger partial charge is 0.0830 e. The van der Waals surface area contributed by atoms with Crippen molar-refractivity contribution in [3.8, 4) is 0 Å². The van der Waals surface area contributed by atoms with E-state index in [1.54, 1.807) is 0 Å². The van der Waals surface area contributed by atoms with Crippen molar-refractivity contribution in [3.63, 3.8) is 0 Å². The fraction of sp³-hybridized carbons (Fsp3) is 0.333. The van der Waals surface area contributed by atoms with Gasteiger partial charge in [-0.3, -0.25) is 0 Å². The van der Waals surface area contributed by atoms with Crippen molar-refractivity contribution >= 4 is 5.69 Å². The van der Waals surface area contributed by atoms with Crippen LogP contribution in [-0.4, -0.2) is 18.7 Å². The lowest BCUT2D eigenvalue weighted by Gasteiger charge is -2.15. The van der Waals surface area contributed by atoms with Crippen LogP contribution in [0.2, 0.25) is 0 Å². The predicted molar refractivity (Wildman–Crippen MR) is 83.3 cm³/mol. The summed E-state index contributed by atoms with van der Waals surface area (Å²) in [6.45, 7) is 3.16. The average Bonchev–Trinajstić information content (AvgIpc) is 2.80. The van der Waals surface area contributed by atoms with Gasteiger partial charge in [0.05, 0.1) is 6.10 Å². The molecule has 2 heteroatoms. The van der Waals surface area contributed by atoms with E-state index in [1.807, 2.05) is 0 Å². The van der Waals surface area contributed by atoms with Crippen LogP contribution < -0.4 is 4.90 Å². The molecule has 0 fully saturated rings. The van der Waals surface area contributed by atoms with Gasteiger partial charge in [0, 0.05) is 25.7 Å². The maximum atomic E-state index is 10.4. The van der Waals surface area contributed by atoms with Crippen LogP contribution in [0.3, 0.4) is 0 Å². The Morgan fingerprint density at radius 1 is 1.20 bits per heavy atom. The van der Waals surface area contributed by atoms with Crippen molar-refractivity contribution in [1.29, 1.82) is 0 Å². The summed E-state index contributed by atoms with van der Waals surface area (Å²) in [4.78, 5) is 2.27. The monoisotopic (exact) mass is 267 g/mol. The lowest BCUT2D eigenvalue weighted by molar-refractivity contribution is 0.178. The molecule has 20 heavy (non-hydrogen) atoms. The number of hydrogen-bond acceptors (Lipinski definition) is 2. The molecule has 0 spiro atoms. The van der Waals surface area contributed by atoms with Gasteiger partial charge in [-0.2, -0.15) is 0 Å². The zero-order valence-corrected chi connectivity index (χ0v) is 12.1. The second-order valence-electron chi connectivity index (χ2n) is 5.77. The van der Waals surface area contributed by atoms with Gasteiger partial charge in [-0.25, -0.2) is 0 Å². The Morgan fingerprint density at radius 3 is 2.85 bits per heavy atom. The molecule has 2 aromatic rings. The third-order valence-electron chi connectivity index (χ3n) is 4.13. The molecular formula is C18H21NO. The fourth-order valence-electron chi connectivity index (χ4n) is 2.97. The van der Waals surface area contributed by atoms with Gasteiger partial charge in [-0.1, -0.05) is 42.0 Å². The summed E-state index contributed by atoms with van der Waals surface area (Å²) >= 11 is 0. The number of rotatable bonds is 3. The minimum Gasteiger partial charge on any atom is -0.388 e. The average molecular weight is 267 g/mol. The highest BCUT2D eigenvalue weighted by Gasteiger charge is 2.17. The van der Waals surface area contributed by atoms with Crippen molar-refractivity contribution < 1.29 is 5.11 Å². The van der Waals surface area contributed by atoms with E-state index >= 15 is 0 Å². The van der Waals surface area contributed by atoms with E-state index < -0.39 is 6.10 Å². The Balaban J connectivity index is 1.79. The molecule has 0 amide bonds. The quantitative estimate of drug-likeness (QED) is 0.922. The molecule has 104 valence electrons. The van der Waals surface area contributed by atoms with Crippen LogP contribution in [0, 0.1) is 6.92 Å². The zero-order valence-electron chi connectivity index (χ0n) is 12.1. The predicted octanol–water partition coefficient (Wildman–Crippen LogP) is 3.26. The first kappa shape index (κ1) is 13.2. The van der Waals surface area contributed by atoms with Crippen LogP contribution in [0.1, 0.15) is 28.4 Å². The standard InChI is InChI=1S/C18H21NO/c1-13-4-3-5-14(10-13)11-18(20)16-6-7-17-15(12-16)8-9-19(17)2/h3-7,10,12,18,20H,8-9,11H2,1-2H3. The summed E-state index contributed by atoms with van der Waals surface area (Å²) in [6.07, 6.45) is 1.33. The fourth-order valence-corrected chi connectivity index (χ4v) is 2.97. The third kappa shape index (κ3) is 2.56. The molecule has 1 heterocycles. The maximum Gasteiger partial charge on any atom is 0.0830 e. The number of hydrogen-bond donors (Lipinski definition) is 1. The van der Waals surface area contributed by atoms with E-state index in [2.05, 4.69) is 61.3 Å². The summed E-state index contributed by atoms with van der Waals surface area (Å²) < 4.78 is 0. The van der Waals surface area contributed by atoms with Gasteiger partial charge >= 0.3 is 0 Å². The van der Waals surface area contributed by atoms with Crippen LogP contribution >= 0.6 is 0 Å². The number of fused-ring (bicyclic) bond motifs is 1. The van der Waals surface area contributed by atoms with Crippen molar-refractivity contribution in [2.75, 3.05) is 18.5 Å². The molecule has 0 aliphatic carbocycles. The van der Waals surface area contributed by atoms with Gasteiger partial charge in [0.2, 0.25) is 0 Å². The summed E-state index contributed by atoms with van der Waals surface area (Å²) in [5.74, 6) is 0. The molecule has 2 aromatic carbocycles. The first-order valence-electron chi connectivity index (χ1n) is 7.21. The van der Waals surface area contributed by atoms with E-state index in [0.717, 1.165) is 18.5 Å². The molecular weight excluding hydrogens is 246 g/mol. The Labute approximate surface area is 120 Å². The maximum absolute atomic E-state index is 10.4. The number of nitrogens with zero attached hydrogens (tertiary/aromatic N) is 1. The number of likely N-dealkylation sites (N-methyl/N-ethyl adjacent to an activating group) is 1. The Bertz CT molecular complexity index is 621. The van der Waals surface area contributed by atoms with Crippen LogP contribution in [-0.2, 0) is 12.8 Å². The number of aliphatic hydroxyl groups is 1. The van der Waals surface area contributed by atoms with Gasteiger partial charge in [0.15, 0.2) is 0 Å². The highest BCUT2D eigenvalue weighted by molar-refractivity contribution is 5.58. The minimum atomic E-state index is -0.423. The lowest BCUT2D eigenvalue weighted by atomic mass is 9.98. The molecule has 0 bridgehead atoms. The highest BCUT2D eigenvalue weighted by atomic mass is 16.3. The van der Waals surface area contributed by atoms with E-state index in [4.69, 9.17) is 0 Å². The Morgan fingerprint density at radius 2 is 2.05 bits per heavy atom. The first-order valence-corrected chi connectivity index (χ1v) is 7.21. The van der Waals surface area contributed by atoms with E-state index in [9.17, 15) is 5.11 Å². The molecule has 0 saturated heterocycles. The number of aliphatic hydroxyl groups excluding tert-OH is 1. The number of benzene rings is 2. The summed E-state index contributed by atoms with van der Waals surface area (Å²) in [7, 11) is 2.12. The molecule has 1 aliphatic rings. The van der Waals surface area contributed by atoms with E-state index in [0.29, 0.717) is 6.42 Å². The summed E-state index contributed by atoms with van der Waals surface area (Å²) in [5, 5.41) is 10.4. The van der Waals surface area contributed by atoms with Crippen molar-refractivity contribution in [2.45, 2.75) is 25.9 Å². The Kier molecular flexibility index (Phi) is 3.49. The molecule has 1 aliphatic heterocycles. The lowest BCUT2D eigenvalue weighted by Crippen LogP contribution is -2.12. The van der Waals surface area contributed by atoms with E-state index in [1.165, 1.54) is 22.4 Å². The van der Waals surface area contributed by atoms with Crippen LogP contribution in [0.4, 0.5) is 5.69 Å². The SMILES string of the molecule is Cc1cccc(CC(O)c2ccc3c(c2)CCN3C)c1. The van der Waals surface area contributed by atoms with Gasteiger partial charge in [0.1, 0.15) is 0 Å². The van der Waals surface area contributed by atoms with Crippen molar-refractivity contribution in [1.82, 2.24) is 0 Å². The van der Waals surface area contributed by atoms with Crippen LogP contribution in [0.15, 0.2) is 42.5 Å². The van der Waals surface area contributed by atoms with Crippen LogP contribution in [0.25, 0.3) is 0 Å². The molecule has 0 saturated carbocycles. The third-order valence-corrected chi connectivity index (χ3v) is 4.13. The molecule has 1 unspecified atom stereocenters. The van der Waals surface area contributed by atoms with Gasteiger partial charge in [-0.05, 0) is 36.1 Å². The second-order valence-corrected chi connectivity index (χ2v) is 5.77. The number of aryl methyl sites for hydroxylation is 1. The van der Waals surface area contributed by atoms with Crippen molar-refractivity contribution in [2.24, 2.45) is 0 Å². The molecule has 0 aromatic heterocycles. The van der Waals surface area contributed by atoms with Gasteiger partial charge in [0.25, 0.3) is 0 Å². The summed E-state index contributed by atoms with van der Waals surface area (Å²) in [5.41, 5.74) is 6.12. The molecule has 3 rings (SSSR count). The van der Waals surface area contributed by atoms with Crippen molar-refractivity contribution in [3.05, 3.63) is 64.7 Å². The molecule has 1 atom stereocenters. The van der Waals surface area contributed by atoms with Gasteiger partial charge < -0.3 is 10.0 Å². The minimum absolute atomic E-state index is 0.423. The van der Waals surface area contributed by atoms with Crippen LogP contribution in [0.5, 0.6) is 0 Å². The zero-order chi connectivity index (χ0) is 14.1. The highest BCUT2D eigenvalue weighted by Crippen LogP contribution is 2.30. The van der Waals surface area contributed by atoms with Gasteiger partial charge in [-0.15, -0.1) is 0 Å². The summed E-state index contributed by atoms with van der Waals surface area (Å²) in [6, 6.07) is 14.7. The van der Waals surface area contributed by atoms with E-state index in [-0.39, 0.29) is 0 Å². The topological polar surface area (TPSA) is 23.5 Å². The largest absolute Gasteiger partial charge is 0.388 e. The normalized spacial score (nSPS) is 15.2. The first-order chi connectivity index (χ1) is 9.63. The Hall–Kier alpha value is -1.80. The molecule has 0 radical (unpaired) electrons. The molecule has 1 N–H and O–H groups in total. The second kappa shape index (κ2) is 5.29. The number of anilines is 1. The molecule has 2 nitrogen and oxygen atoms in total.